The third-order valence-electron chi connectivity index (χ3n) is 2.56. The smallest absolute Gasteiger partial charge is 0.0709 e. The van der Waals surface area contributed by atoms with Gasteiger partial charge in [0.15, 0.2) is 0 Å². The molecule has 0 bridgehead atoms. The molecule has 1 aromatic carbocycles. The van der Waals surface area contributed by atoms with Crippen molar-refractivity contribution in [1.29, 1.82) is 0 Å². The van der Waals surface area contributed by atoms with Crippen LogP contribution in [0, 0.1) is 0 Å². The number of nitrogens with zero attached hydrogens (tertiary/aromatic N) is 1. The van der Waals surface area contributed by atoms with Gasteiger partial charge in [-0.15, -0.1) is 0 Å². The summed E-state index contributed by atoms with van der Waals surface area (Å²) in [6, 6.07) is 8.25. The monoisotopic (exact) mass is 180 g/mol. The number of hydrogen-bond donors (Lipinski definition) is 0. The Kier molecular flexibility index (Phi) is 1.57. The fourth-order valence-corrected chi connectivity index (χ4v) is 1.84. The van der Waals surface area contributed by atoms with Crippen molar-refractivity contribution in [3.63, 3.8) is 0 Å². The Morgan fingerprint density at radius 1 is 1.14 bits per heavy atom. The molecule has 0 aromatic heterocycles. The maximum Gasteiger partial charge on any atom is 0.0709 e. The zero-order valence-electron chi connectivity index (χ0n) is 7.77. The van der Waals surface area contributed by atoms with E-state index in [1.54, 1.807) is 0 Å². The summed E-state index contributed by atoms with van der Waals surface area (Å²) < 4.78 is 0. The van der Waals surface area contributed by atoms with Crippen molar-refractivity contribution in [2.45, 2.75) is 6.42 Å². The predicted octanol–water partition coefficient (Wildman–Crippen LogP) is 3.16. The lowest BCUT2D eigenvalue weighted by Crippen LogP contribution is -2.08. The Balaban J connectivity index is 2.15. The lowest BCUT2D eigenvalue weighted by molar-refractivity contribution is 1.00. The average molecular weight is 180 g/mol. The Bertz CT molecular complexity index is 464. The molecule has 0 amide bonds. The zero-order valence-corrected chi connectivity index (χ0v) is 7.77. The van der Waals surface area contributed by atoms with Crippen molar-refractivity contribution in [1.82, 2.24) is 5.32 Å². The molecule has 67 valence electrons. The van der Waals surface area contributed by atoms with E-state index in [9.17, 15) is 0 Å². The number of hydrogen-bond acceptors (Lipinski definition) is 0. The van der Waals surface area contributed by atoms with E-state index in [-0.39, 0.29) is 0 Å². The molecule has 2 aliphatic rings. The van der Waals surface area contributed by atoms with Crippen LogP contribution in [0.5, 0.6) is 0 Å². The maximum atomic E-state index is 4.61. The predicted molar refractivity (Wildman–Crippen MR) is 58.1 cm³/mol. The van der Waals surface area contributed by atoms with Crippen LogP contribution in [0.1, 0.15) is 12.0 Å². The molecule has 0 saturated heterocycles. The van der Waals surface area contributed by atoms with E-state index in [0.29, 0.717) is 0 Å². The van der Waals surface area contributed by atoms with Gasteiger partial charge in [-0.1, -0.05) is 30.4 Å². The molecule has 1 nitrogen and oxygen atoms in total. The van der Waals surface area contributed by atoms with Gasteiger partial charge in [0.25, 0.3) is 0 Å². The fraction of sp³-hybridized carbons (Fsp3) is 0.0769. The summed E-state index contributed by atoms with van der Waals surface area (Å²) in [6.07, 6.45) is 9.55. The van der Waals surface area contributed by atoms with E-state index in [0.717, 1.165) is 17.8 Å². The number of para-hydroxylation sites is 1. The molecule has 3 rings (SSSR count). The third kappa shape index (κ3) is 1.10. The first kappa shape index (κ1) is 7.63. The van der Waals surface area contributed by atoms with Gasteiger partial charge < -0.3 is 0 Å². The van der Waals surface area contributed by atoms with Crippen molar-refractivity contribution in [3.05, 3.63) is 59.3 Å². The van der Waals surface area contributed by atoms with Crippen LogP contribution in [0.25, 0.3) is 6.08 Å². The minimum Gasteiger partial charge on any atom is -0.248 e. The lowest BCUT2D eigenvalue weighted by atomic mass is 9.96. The molecule has 0 spiro atoms. The minimum atomic E-state index is 1.00. The van der Waals surface area contributed by atoms with Gasteiger partial charge in [-0.05, 0) is 30.2 Å². The van der Waals surface area contributed by atoms with E-state index in [2.05, 4.69) is 47.8 Å². The molecule has 1 heterocycles. The first-order chi connectivity index (χ1) is 6.93. The molecular weight excluding hydrogens is 170 g/mol. The van der Waals surface area contributed by atoms with Crippen LogP contribution >= 0.6 is 0 Å². The van der Waals surface area contributed by atoms with Crippen molar-refractivity contribution >= 4 is 11.8 Å². The number of benzene rings is 1. The van der Waals surface area contributed by atoms with Crippen molar-refractivity contribution in [2.24, 2.45) is 0 Å². The summed E-state index contributed by atoms with van der Waals surface area (Å²) in [5, 5.41) is 4.61. The van der Waals surface area contributed by atoms with Crippen molar-refractivity contribution in [3.8, 4) is 0 Å². The van der Waals surface area contributed by atoms with Gasteiger partial charge >= 0.3 is 0 Å². The highest BCUT2D eigenvalue weighted by molar-refractivity contribution is 5.73. The standard InChI is InChI=1S/C13H10N/c1-3-7-12-10(5-1)9-11-6-2-4-8-13(11)14-12/h1-5,7-9H,6H2. The number of fused-ring (bicyclic) bond motifs is 2. The highest BCUT2D eigenvalue weighted by Gasteiger charge is 2.15. The molecule has 1 radical (unpaired) electrons. The van der Waals surface area contributed by atoms with Crippen LogP contribution in [-0.4, -0.2) is 0 Å². The molecule has 0 atom stereocenters. The zero-order chi connectivity index (χ0) is 9.38. The fourth-order valence-electron chi connectivity index (χ4n) is 1.84. The van der Waals surface area contributed by atoms with E-state index in [1.807, 2.05) is 6.07 Å². The SMILES string of the molecule is C1=CCC2=Cc3ccccc3[N]C2=C1. The van der Waals surface area contributed by atoms with Crippen LogP contribution in [0.15, 0.2) is 53.8 Å². The van der Waals surface area contributed by atoms with E-state index >= 15 is 0 Å². The van der Waals surface area contributed by atoms with Crippen molar-refractivity contribution < 1.29 is 0 Å². The molecule has 0 unspecified atom stereocenters. The van der Waals surface area contributed by atoms with E-state index in [4.69, 9.17) is 0 Å². The first-order valence-electron chi connectivity index (χ1n) is 4.82. The topological polar surface area (TPSA) is 14.1 Å². The van der Waals surface area contributed by atoms with Crippen LogP contribution < -0.4 is 5.32 Å². The van der Waals surface area contributed by atoms with Gasteiger partial charge in [0.2, 0.25) is 0 Å². The molecule has 0 saturated carbocycles. The van der Waals surface area contributed by atoms with Crippen LogP contribution in [0.3, 0.4) is 0 Å². The summed E-state index contributed by atoms with van der Waals surface area (Å²) in [5.41, 5.74) is 4.75. The summed E-state index contributed by atoms with van der Waals surface area (Å²) in [6.45, 7) is 0. The van der Waals surface area contributed by atoms with Crippen molar-refractivity contribution in [2.75, 3.05) is 0 Å². The summed E-state index contributed by atoms with van der Waals surface area (Å²) >= 11 is 0. The summed E-state index contributed by atoms with van der Waals surface area (Å²) in [4.78, 5) is 0. The van der Waals surface area contributed by atoms with E-state index in [1.165, 1.54) is 11.1 Å². The molecule has 0 N–H and O–H groups in total. The lowest BCUT2D eigenvalue weighted by Gasteiger charge is -2.20. The highest BCUT2D eigenvalue weighted by Crippen LogP contribution is 2.32. The second kappa shape index (κ2) is 2.88. The van der Waals surface area contributed by atoms with Crippen LogP contribution in [-0.2, 0) is 0 Å². The van der Waals surface area contributed by atoms with Crippen LogP contribution in [0.2, 0.25) is 0 Å². The molecular formula is C13H10N. The summed E-state index contributed by atoms with van der Waals surface area (Å²) in [5.74, 6) is 0. The normalized spacial score (nSPS) is 17.4. The Morgan fingerprint density at radius 3 is 3.07 bits per heavy atom. The van der Waals surface area contributed by atoms with Gasteiger partial charge in [-0.2, -0.15) is 0 Å². The molecule has 1 aliphatic carbocycles. The largest absolute Gasteiger partial charge is 0.248 e. The summed E-state index contributed by atoms with van der Waals surface area (Å²) in [7, 11) is 0. The van der Waals surface area contributed by atoms with Gasteiger partial charge in [0, 0.05) is 5.56 Å². The second-order valence-electron chi connectivity index (χ2n) is 3.52. The molecule has 1 heteroatoms. The van der Waals surface area contributed by atoms with Gasteiger partial charge in [0.05, 0.1) is 11.4 Å². The molecule has 0 fully saturated rings. The maximum absolute atomic E-state index is 4.61. The number of rotatable bonds is 0. The average Bonchev–Trinajstić information content (AvgIpc) is 2.26. The Labute approximate surface area is 83.5 Å². The molecule has 1 aromatic rings. The number of allylic oxidation sites excluding steroid dienone is 4. The minimum absolute atomic E-state index is 1.00. The van der Waals surface area contributed by atoms with Gasteiger partial charge in [0.1, 0.15) is 0 Å². The Hall–Kier alpha value is -1.76. The molecule has 14 heavy (non-hydrogen) atoms. The third-order valence-corrected chi connectivity index (χ3v) is 2.56. The van der Waals surface area contributed by atoms with Gasteiger partial charge in [-0.25, -0.2) is 5.32 Å². The highest BCUT2D eigenvalue weighted by atomic mass is 14.9. The molecule has 1 aliphatic heterocycles. The first-order valence-corrected chi connectivity index (χ1v) is 4.82. The Morgan fingerprint density at radius 2 is 2.07 bits per heavy atom. The van der Waals surface area contributed by atoms with Gasteiger partial charge in [-0.3, -0.25) is 0 Å². The second-order valence-corrected chi connectivity index (χ2v) is 3.52. The van der Waals surface area contributed by atoms with E-state index < -0.39 is 0 Å². The van der Waals surface area contributed by atoms with Crippen LogP contribution in [0.4, 0.5) is 5.69 Å². The quantitative estimate of drug-likeness (QED) is 0.582.